The maximum atomic E-state index is 12.9. The van der Waals surface area contributed by atoms with Gasteiger partial charge in [0.05, 0.1) is 6.10 Å². The molecule has 0 aromatic heterocycles. The van der Waals surface area contributed by atoms with Crippen molar-refractivity contribution in [2.75, 3.05) is 18.4 Å². The molecule has 2 N–H and O–H groups in total. The molecular weight excluding hydrogens is 364 g/mol. The first-order chi connectivity index (χ1) is 13.8. The van der Waals surface area contributed by atoms with E-state index < -0.39 is 11.5 Å². The topological polar surface area (TPSA) is 69.6 Å². The molecule has 1 atom stereocenters. The molecule has 1 unspecified atom stereocenters. The number of aliphatic hydroxyl groups excluding tert-OH is 1. The Bertz CT molecular complexity index is 850. The number of nitrogens with zero attached hydrogens (tertiary/aromatic N) is 1. The predicted molar refractivity (Wildman–Crippen MR) is 115 cm³/mol. The Hall–Kier alpha value is -2.66. The van der Waals surface area contributed by atoms with Crippen LogP contribution in [0.25, 0.3) is 0 Å². The Kier molecular flexibility index (Phi) is 6.38. The lowest BCUT2D eigenvalue weighted by Gasteiger charge is -2.34. The van der Waals surface area contributed by atoms with Crippen LogP contribution in [0.4, 0.5) is 5.69 Å². The number of anilines is 1. The van der Waals surface area contributed by atoms with Gasteiger partial charge in [0.15, 0.2) is 0 Å². The molecule has 1 heterocycles. The number of aliphatic hydroxyl groups is 1. The average molecular weight is 395 g/mol. The molecule has 0 radical (unpaired) electrons. The van der Waals surface area contributed by atoms with Gasteiger partial charge in [0, 0.05) is 29.8 Å². The fraction of sp³-hybridized carbons (Fsp3) is 0.417. The van der Waals surface area contributed by atoms with Crippen LogP contribution in [0.15, 0.2) is 54.6 Å². The number of piperidine rings is 1. The van der Waals surface area contributed by atoms with Crippen LogP contribution in [0.3, 0.4) is 0 Å². The number of rotatable bonds is 4. The summed E-state index contributed by atoms with van der Waals surface area (Å²) in [6.45, 7) is 6.79. The van der Waals surface area contributed by atoms with Crippen molar-refractivity contribution >= 4 is 17.5 Å². The smallest absolute Gasteiger partial charge is 0.253 e. The van der Waals surface area contributed by atoms with Gasteiger partial charge in [-0.3, -0.25) is 9.59 Å². The third-order valence-corrected chi connectivity index (χ3v) is 5.46. The molecule has 0 saturated carbocycles. The van der Waals surface area contributed by atoms with Gasteiger partial charge in [0.1, 0.15) is 0 Å². The molecule has 0 bridgehead atoms. The van der Waals surface area contributed by atoms with Gasteiger partial charge in [-0.25, -0.2) is 0 Å². The van der Waals surface area contributed by atoms with E-state index in [0.717, 1.165) is 18.4 Å². The first kappa shape index (κ1) is 21.1. The van der Waals surface area contributed by atoms with E-state index in [0.29, 0.717) is 24.3 Å². The van der Waals surface area contributed by atoms with Crippen molar-refractivity contribution in [2.45, 2.75) is 39.7 Å². The van der Waals surface area contributed by atoms with Crippen molar-refractivity contribution in [3.05, 3.63) is 65.7 Å². The first-order valence-corrected chi connectivity index (χ1v) is 10.2. The van der Waals surface area contributed by atoms with Gasteiger partial charge >= 0.3 is 0 Å². The van der Waals surface area contributed by atoms with Gasteiger partial charge in [-0.15, -0.1) is 0 Å². The summed E-state index contributed by atoms with van der Waals surface area (Å²) in [6.07, 6.45) is 1.04. The summed E-state index contributed by atoms with van der Waals surface area (Å²) < 4.78 is 0. The molecule has 0 aliphatic carbocycles. The molecule has 1 fully saturated rings. The highest BCUT2D eigenvalue weighted by atomic mass is 16.3. The van der Waals surface area contributed by atoms with Crippen LogP contribution >= 0.6 is 0 Å². The molecule has 2 aromatic carbocycles. The van der Waals surface area contributed by atoms with E-state index in [9.17, 15) is 14.7 Å². The Balaban J connectivity index is 1.61. The molecule has 1 saturated heterocycles. The number of hydrogen-bond donors (Lipinski definition) is 2. The molecule has 5 nitrogen and oxygen atoms in total. The largest absolute Gasteiger partial charge is 0.388 e. The minimum Gasteiger partial charge on any atom is -0.388 e. The molecule has 2 amide bonds. The second kappa shape index (κ2) is 8.78. The van der Waals surface area contributed by atoms with Gasteiger partial charge in [-0.1, -0.05) is 57.2 Å². The molecule has 5 heteroatoms. The van der Waals surface area contributed by atoms with Crippen LogP contribution in [0.2, 0.25) is 0 Å². The number of carbonyl (C=O) groups is 2. The minimum absolute atomic E-state index is 0.0375. The van der Waals surface area contributed by atoms with Crippen molar-refractivity contribution in [1.29, 1.82) is 0 Å². The van der Waals surface area contributed by atoms with Gasteiger partial charge in [0.2, 0.25) is 5.91 Å². The lowest BCUT2D eigenvalue weighted by atomic mass is 9.87. The highest BCUT2D eigenvalue weighted by Crippen LogP contribution is 2.31. The molecule has 2 aromatic rings. The van der Waals surface area contributed by atoms with E-state index in [1.165, 1.54) is 0 Å². The number of carbonyl (C=O) groups excluding carboxylic acids is 2. The van der Waals surface area contributed by atoms with Crippen molar-refractivity contribution in [3.63, 3.8) is 0 Å². The van der Waals surface area contributed by atoms with E-state index in [4.69, 9.17) is 0 Å². The number of likely N-dealkylation sites (tertiary alicyclic amines) is 1. The third-order valence-electron chi connectivity index (χ3n) is 5.46. The highest BCUT2D eigenvalue weighted by Gasteiger charge is 2.29. The highest BCUT2D eigenvalue weighted by molar-refractivity contribution is 5.98. The summed E-state index contributed by atoms with van der Waals surface area (Å²) in [7, 11) is 0. The standard InChI is InChI=1S/C24H30N2O3/c1-24(2,3)23(29)25-20-11-7-10-19(16-20)22(28)26-14-12-18(13-15-26)21(27)17-8-5-4-6-9-17/h4-11,16,18,21,27H,12-15H2,1-3H3,(H,25,29). The van der Waals surface area contributed by atoms with Crippen LogP contribution in [-0.4, -0.2) is 34.9 Å². The van der Waals surface area contributed by atoms with E-state index in [2.05, 4.69) is 5.32 Å². The number of nitrogens with one attached hydrogen (secondary N) is 1. The van der Waals surface area contributed by atoms with Crippen molar-refractivity contribution in [1.82, 2.24) is 4.90 Å². The maximum absolute atomic E-state index is 12.9. The molecule has 1 aliphatic heterocycles. The summed E-state index contributed by atoms with van der Waals surface area (Å²) in [6, 6.07) is 16.8. The first-order valence-electron chi connectivity index (χ1n) is 10.2. The summed E-state index contributed by atoms with van der Waals surface area (Å²) in [4.78, 5) is 27.0. The van der Waals surface area contributed by atoms with Crippen molar-refractivity contribution < 1.29 is 14.7 Å². The summed E-state index contributed by atoms with van der Waals surface area (Å²) in [5, 5.41) is 13.5. The fourth-order valence-corrected chi connectivity index (χ4v) is 3.57. The Labute approximate surface area is 172 Å². The van der Waals surface area contributed by atoms with Crippen molar-refractivity contribution in [2.24, 2.45) is 11.3 Å². The van der Waals surface area contributed by atoms with Crippen LogP contribution in [0.1, 0.15) is 55.6 Å². The van der Waals surface area contributed by atoms with Crippen LogP contribution in [-0.2, 0) is 4.79 Å². The molecule has 3 rings (SSSR count). The molecule has 1 aliphatic rings. The lowest BCUT2D eigenvalue weighted by Crippen LogP contribution is -2.39. The normalized spacial score (nSPS) is 16.3. The summed E-state index contributed by atoms with van der Waals surface area (Å²) in [5.74, 6) is 0.0289. The van der Waals surface area contributed by atoms with Crippen molar-refractivity contribution in [3.8, 4) is 0 Å². The van der Waals surface area contributed by atoms with E-state index in [1.807, 2.05) is 56.0 Å². The summed E-state index contributed by atoms with van der Waals surface area (Å²) in [5.41, 5.74) is 1.63. The van der Waals surface area contributed by atoms with Gasteiger partial charge < -0.3 is 15.3 Å². The Morgan fingerprint density at radius 2 is 1.69 bits per heavy atom. The van der Waals surface area contributed by atoms with E-state index in [1.54, 1.807) is 24.3 Å². The zero-order valence-corrected chi connectivity index (χ0v) is 17.4. The van der Waals surface area contributed by atoms with Gasteiger partial charge in [0.25, 0.3) is 5.91 Å². The zero-order valence-electron chi connectivity index (χ0n) is 17.4. The molecular formula is C24H30N2O3. The fourth-order valence-electron chi connectivity index (χ4n) is 3.57. The second-order valence-corrected chi connectivity index (χ2v) is 8.77. The molecule has 154 valence electrons. The summed E-state index contributed by atoms with van der Waals surface area (Å²) >= 11 is 0. The predicted octanol–water partition coefficient (Wildman–Crippen LogP) is 4.26. The second-order valence-electron chi connectivity index (χ2n) is 8.77. The Morgan fingerprint density at radius 1 is 1.03 bits per heavy atom. The SMILES string of the molecule is CC(C)(C)C(=O)Nc1cccc(C(=O)N2CCC(C(O)c3ccccc3)CC2)c1. The number of hydrogen-bond acceptors (Lipinski definition) is 3. The van der Waals surface area contributed by atoms with E-state index >= 15 is 0 Å². The van der Waals surface area contributed by atoms with E-state index in [-0.39, 0.29) is 17.7 Å². The van der Waals surface area contributed by atoms with Gasteiger partial charge in [-0.2, -0.15) is 0 Å². The maximum Gasteiger partial charge on any atom is 0.253 e. The monoisotopic (exact) mass is 394 g/mol. The van der Waals surface area contributed by atoms with Gasteiger partial charge in [-0.05, 0) is 42.5 Å². The van der Waals surface area contributed by atoms with Crippen LogP contribution < -0.4 is 5.32 Å². The molecule has 29 heavy (non-hydrogen) atoms. The minimum atomic E-state index is -0.499. The Morgan fingerprint density at radius 3 is 2.31 bits per heavy atom. The molecule has 0 spiro atoms. The number of benzene rings is 2. The average Bonchev–Trinajstić information content (AvgIpc) is 2.73. The lowest BCUT2D eigenvalue weighted by molar-refractivity contribution is -0.123. The van der Waals surface area contributed by atoms with Crippen LogP contribution in [0, 0.1) is 11.3 Å². The van der Waals surface area contributed by atoms with Crippen LogP contribution in [0.5, 0.6) is 0 Å². The zero-order chi connectivity index (χ0) is 21.0. The third kappa shape index (κ3) is 5.24. The number of amides is 2. The quantitative estimate of drug-likeness (QED) is 0.814.